The van der Waals surface area contributed by atoms with E-state index in [1.807, 2.05) is 24.3 Å². The molecule has 1 aromatic heterocycles. The van der Waals surface area contributed by atoms with Crippen molar-refractivity contribution in [3.05, 3.63) is 113 Å². The summed E-state index contributed by atoms with van der Waals surface area (Å²) >= 11 is 3.37. The lowest BCUT2D eigenvalue weighted by atomic mass is 10.2. The van der Waals surface area contributed by atoms with Crippen molar-refractivity contribution in [1.82, 2.24) is 9.66 Å². The molecule has 0 amide bonds. The molecular weight excluding hydrogens is 480 g/mol. The number of benzene rings is 3. The fourth-order valence-corrected chi connectivity index (χ4v) is 3.27. The zero-order valence-corrected chi connectivity index (χ0v) is 18.0. The Hall–Kier alpha value is -4.05. The Morgan fingerprint density at radius 3 is 2.59 bits per heavy atom. The van der Waals surface area contributed by atoms with Crippen LogP contribution in [-0.4, -0.2) is 20.8 Å². The molecule has 0 fully saturated rings. The van der Waals surface area contributed by atoms with Crippen LogP contribution >= 0.6 is 15.9 Å². The van der Waals surface area contributed by atoms with Crippen LogP contribution in [0.3, 0.4) is 0 Å². The zero-order valence-electron chi connectivity index (χ0n) is 16.4. The van der Waals surface area contributed by atoms with E-state index in [0.29, 0.717) is 15.9 Å². The van der Waals surface area contributed by atoms with Gasteiger partial charge in [0, 0.05) is 22.2 Å². The van der Waals surface area contributed by atoms with Crippen molar-refractivity contribution in [3.63, 3.8) is 0 Å². The number of H-pyrrole nitrogens is 1. The fraction of sp³-hybridized carbons (Fsp3) is 0.0455. The molecule has 1 heterocycles. The van der Waals surface area contributed by atoms with Gasteiger partial charge in [0.2, 0.25) is 0 Å². The summed E-state index contributed by atoms with van der Waals surface area (Å²) in [5.74, 6) is 0.313. The van der Waals surface area contributed by atoms with E-state index in [-0.39, 0.29) is 23.2 Å². The van der Waals surface area contributed by atoms with Crippen molar-refractivity contribution in [3.8, 4) is 5.75 Å². The molecular formula is C22H15BrN4O5. The second-order valence-corrected chi connectivity index (χ2v) is 7.65. The summed E-state index contributed by atoms with van der Waals surface area (Å²) in [6.07, 6.45) is 1.19. The number of rotatable bonds is 6. The van der Waals surface area contributed by atoms with E-state index in [1.54, 1.807) is 24.3 Å². The molecule has 0 spiro atoms. The molecule has 32 heavy (non-hydrogen) atoms. The maximum atomic E-state index is 12.7. The Balaban J connectivity index is 1.71. The van der Waals surface area contributed by atoms with Crippen LogP contribution in [0.2, 0.25) is 0 Å². The lowest BCUT2D eigenvalue weighted by molar-refractivity contribution is -0.384. The molecule has 0 saturated carbocycles. The van der Waals surface area contributed by atoms with Gasteiger partial charge in [0.05, 0.1) is 22.0 Å². The number of para-hydroxylation sites is 1. The minimum absolute atomic E-state index is 0.179. The van der Waals surface area contributed by atoms with Crippen LogP contribution in [0.1, 0.15) is 11.1 Å². The van der Waals surface area contributed by atoms with E-state index in [0.717, 1.165) is 10.0 Å². The molecule has 0 saturated heterocycles. The van der Waals surface area contributed by atoms with Gasteiger partial charge in [-0.15, -0.1) is 4.68 Å². The smallest absolute Gasteiger partial charge is 0.349 e. The predicted octanol–water partition coefficient (Wildman–Crippen LogP) is 3.82. The van der Waals surface area contributed by atoms with Gasteiger partial charge in [0.15, 0.2) is 0 Å². The minimum atomic E-state index is -0.729. The topological polar surface area (TPSA) is 120 Å². The number of nitrogens with zero attached hydrogens (tertiary/aromatic N) is 3. The molecule has 0 unspecified atom stereocenters. The quantitative estimate of drug-likeness (QED) is 0.248. The number of ether oxygens (including phenoxy) is 1. The molecule has 9 nitrogen and oxygen atoms in total. The van der Waals surface area contributed by atoms with Crippen molar-refractivity contribution in [2.45, 2.75) is 6.61 Å². The van der Waals surface area contributed by atoms with Gasteiger partial charge in [-0.3, -0.25) is 14.9 Å². The highest BCUT2D eigenvalue weighted by atomic mass is 79.9. The Bertz CT molecular complexity index is 1460. The summed E-state index contributed by atoms with van der Waals surface area (Å²) in [6.45, 7) is 0.211. The standard InChI is InChI=1S/C22H15BrN4O5/c23-16-7-5-14(6-8-16)13-32-20-10-9-17(27(30)31)11-15(20)12-24-26-21(28)18-3-1-2-4-19(18)25-22(26)29/h1-12H,13H2,(H,25,29). The van der Waals surface area contributed by atoms with E-state index in [9.17, 15) is 19.7 Å². The van der Waals surface area contributed by atoms with E-state index in [2.05, 4.69) is 26.0 Å². The lowest BCUT2D eigenvalue weighted by Crippen LogP contribution is -2.32. The first-order valence-corrected chi connectivity index (χ1v) is 10.2. The highest BCUT2D eigenvalue weighted by Crippen LogP contribution is 2.24. The molecule has 0 aliphatic heterocycles. The molecule has 3 aromatic carbocycles. The summed E-state index contributed by atoms with van der Waals surface area (Å²) in [4.78, 5) is 38.2. The number of aromatic amines is 1. The van der Waals surface area contributed by atoms with Gasteiger partial charge in [0.1, 0.15) is 12.4 Å². The third-order valence-electron chi connectivity index (χ3n) is 4.61. The average Bonchev–Trinajstić information content (AvgIpc) is 2.79. The number of nitro groups is 1. The first kappa shape index (κ1) is 21.2. The summed E-state index contributed by atoms with van der Waals surface area (Å²) in [6, 6.07) is 18.1. The van der Waals surface area contributed by atoms with Gasteiger partial charge < -0.3 is 9.72 Å². The van der Waals surface area contributed by atoms with E-state index in [1.165, 1.54) is 24.4 Å². The number of nitro benzene ring substituents is 1. The van der Waals surface area contributed by atoms with Crippen LogP contribution < -0.4 is 16.0 Å². The van der Waals surface area contributed by atoms with Gasteiger partial charge in [-0.05, 0) is 35.9 Å². The Kier molecular flexibility index (Phi) is 5.95. The fourth-order valence-electron chi connectivity index (χ4n) is 3.00. The Morgan fingerprint density at radius 2 is 1.84 bits per heavy atom. The predicted molar refractivity (Wildman–Crippen MR) is 123 cm³/mol. The molecule has 1 N–H and O–H groups in total. The SMILES string of the molecule is O=c1[nH]c2ccccc2c(=O)n1N=Cc1cc([N+](=O)[O-])ccc1OCc1ccc(Br)cc1. The van der Waals surface area contributed by atoms with Crippen molar-refractivity contribution < 1.29 is 9.66 Å². The number of halogens is 1. The van der Waals surface area contributed by atoms with Crippen molar-refractivity contribution in [2.24, 2.45) is 5.10 Å². The van der Waals surface area contributed by atoms with Gasteiger partial charge >= 0.3 is 5.69 Å². The number of aromatic nitrogens is 2. The monoisotopic (exact) mass is 494 g/mol. The zero-order chi connectivity index (χ0) is 22.7. The first-order valence-electron chi connectivity index (χ1n) is 9.36. The van der Waals surface area contributed by atoms with E-state index >= 15 is 0 Å². The second-order valence-electron chi connectivity index (χ2n) is 6.73. The van der Waals surface area contributed by atoms with Gasteiger partial charge in [-0.25, -0.2) is 4.79 Å². The Morgan fingerprint density at radius 1 is 1.09 bits per heavy atom. The van der Waals surface area contributed by atoms with E-state index < -0.39 is 16.2 Å². The molecule has 0 aliphatic rings. The molecule has 0 atom stereocenters. The molecule has 0 aliphatic carbocycles. The minimum Gasteiger partial charge on any atom is -0.488 e. The van der Waals surface area contributed by atoms with E-state index in [4.69, 9.17) is 4.74 Å². The highest BCUT2D eigenvalue weighted by molar-refractivity contribution is 9.10. The number of nitrogens with one attached hydrogen (secondary N) is 1. The average molecular weight is 495 g/mol. The first-order chi connectivity index (χ1) is 15.4. The maximum absolute atomic E-state index is 12.7. The number of hydrogen-bond donors (Lipinski definition) is 1. The second kappa shape index (κ2) is 8.98. The van der Waals surface area contributed by atoms with Crippen molar-refractivity contribution >= 4 is 38.7 Å². The lowest BCUT2D eigenvalue weighted by Gasteiger charge is -2.09. The number of hydrogen-bond acceptors (Lipinski definition) is 6. The largest absolute Gasteiger partial charge is 0.488 e. The Labute approximate surface area is 188 Å². The van der Waals surface area contributed by atoms with Gasteiger partial charge in [0.25, 0.3) is 11.2 Å². The maximum Gasteiger partial charge on any atom is 0.349 e. The molecule has 0 radical (unpaired) electrons. The molecule has 4 aromatic rings. The molecule has 160 valence electrons. The number of non-ortho nitro benzene ring substituents is 1. The third-order valence-corrected chi connectivity index (χ3v) is 5.14. The van der Waals surface area contributed by atoms with Crippen LogP contribution in [0.15, 0.2) is 85.9 Å². The normalized spacial score (nSPS) is 11.2. The third kappa shape index (κ3) is 4.49. The summed E-state index contributed by atoms with van der Waals surface area (Å²) in [7, 11) is 0. The van der Waals surface area contributed by atoms with Crippen molar-refractivity contribution in [1.29, 1.82) is 0 Å². The van der Waals surface area contributed by atoms with Crippen LogP contribution in [0.5, 0.6) is 5.75 Å². The molecule has 0 bridgehead atoms. The van der Waals surface area contributed by atoms with Crippen LogP contribution in [0.4, 0.5) is 5.69 Å². The highest BCUT2D eigenvalue weighted by Gasteiger charge is 2.12. The molecule has 10 heteroatoms. The van der Waals surface area contributed by atoms with Crippen molar-refractivity contribution in [2.75, 3.05) is 0 Å². The van der Waals surface area contributed by atoms with Crippen LogP contribution in [-0.2, 0) is 6.61 Å². The van der Waals surface area contributed by atoms with Gasteiger partial charge in [-0.1, -0.05) is 40.2 Å². The number of fused-ring (bicyclic) bond motifs is 1. The molecule has 4 rings (SSSR count). The van der Waals surface area contributed by atoms with Crippen LogP contribution in [0.25, 0.3) is 10.9 Å². The summed E-state index contributed by atoms with van der Waals surface area (Å²) in [5.41, 5.74) is 0.00788. The van der Waals surface area contributed by atoms with Crippen LogP contribution in [0, 0.1) is 10.1 Å². The van der Waals surface area contributed by atoms with Gasteiger partial charge in [-0.2, -0.15) is 5.10 Å². The summed E-state index contributed by atoms with van der Waals surface area (Å²) < 4.78 is 7.41. The summed E-state index contributed by atoms with van der Waals surface area (Å²) in [5, 5.41) is 15.5.